The van der Waals surface area contributed by atoms with Gasteiger partial charge in [-0.1, -0.05) is 6.07 Å². The molecule has 1 aliphatic carbocycles. The molecule has 0 aromatic heterocycles. The first-order valence-electron chi connectivity index (χ1n) is 8.79. The van der Waals surface area contributed by atoms with Crippen LogP contribution in [0.3, 0.4) is 0 Å². The van der Waals surface area contributed by atoms with Gasteiger partial charge in [0.25, 0.3) is 0 Å². The van der Waals surface area contributed by atoms with Crippen LogP contribution in [-0.2, 0) is 19.1 Å². The maximum atomic E-state index is 12.4. The lowest BCUT2D eigenvalue weighted by molar-refractivity contribution is -0.144. The van der Waals surface area contributed by atoms with Gasteiger partial charge in [-0.3, -0.25) is 14.5 Å². The number of esters is 2. The molecule has 0 aliphatic heterocycles. The van der Waals surface area contributed by atoms with Crippen molar-refractivity contribution in [1.82, 2.24) is 4.90 Å². The van der Waals surface area contributed by atoms with Gasteiger partial charge in [-0.15, -0.1) is 0 Å². The molecule has 1 aromatic carbocycles. The molecule has 1 aromatic rings. The summed E-state index contributed by atoms with van der Waals surface area (Å²) < 4.78 is 9.69. The van der Waals surface area contributed by atoms with Gasteiger partial charge in [0.15, 0.2) is 0 Å². The third kappa shape index (κ3) is 6.15. The number of rotatable bonds is 9. The highest BCUT2D eigenvalue weighted by Crippen LogP contribution is 2.29. The van der Waals surface area contributed by atoms with E-state index < -0.39 is 5.97 Å². The number of anilines is 1. The van der Waals surface area contributed by atoms with Gasteiger partial charge in [0.05, 0.1) is 32.4 Å². The first kappa shape index (κ1) is 19.9. The average molecular weight is 362 g/mol. The molecule has 0 bridgehead atoms. The van der Waals surface area contributed by atoms with Crippen LogP contribution in [0.4, 0.5) is 5.69 Å². The summed E-state index contributed by atoms with van der Waals surface area (Å²) >= 11 is 0. The van der Waals surface area contributed by atoms with E-state index >= 15 is 0 Å². The Balaban J connectivity index is 2.00. The summed E-state index contributed by atoms with van der Waals surface area (Å²) in [7, 11) is 1.31. The standard InChI is InChI=1S/C19H26N2O5/c1-4-26-18(23)12-21(10-14-6-7-14)11-17(22)20-16-9-15(19(24)25-3)8-5-13(16)2/h5,8-9,14H,4,6-7,10-12H2,1-3H3,(H,20,22). The van der Waals surface area contributed by atoms with Gasteiger partial charge in [-0.25, -0.2) is 4.79 Å². The molecule has 1 N–H and O–H groups in total. The Morgan fingerprint density at radius 1 is 1.23 bits per heavy atom. The number of hydrogen-bond donors (Lipinski definition) is 1. The molecule has 7 heteroatoms. The van der Waals surface area contributed by atoms with Gasteiger partial charge < -0.3 is 14.8 Å². The Morgan fingerprint density at radius 3 is 2.58 bits per heavy atom. The topological polar surface area (TPSA) is 84.9 Å². The smallest absolute Gasteiger partial charge is 0.337 e. The van der Waals surface area contributed by atoms with Crippen molar-refractivity contribution >= 4 is 23.5 Å². The van der Waals surface area contributed by atoms with Crippen LogP contribution in [0.2, 0.25) is 0 Å². The minimum Gasteiger partial charge on any atom is -0.465 e. The van der Waals surface area contributed by atoms with Crippen LogP contribution in [0.25, 0.3) is 0 Å². The molecule has 0 radical (unpaired) electrons. The van der Waals surface area contributed by atoms with Crippen LogP contribution in [0.5, 0.6) is 0 Å². The fourth-order valence-corrected chi connectivity index (χ4v) is 2.63. The van der Waals surface area contributed by atoms with Crippen molar-refractivity contribution in [1.29, 1.82) is 0 Å². The fraction of sp³-hybridized carbons (Fsp3) is 0.526. The van der Waals surface area contributed by atoms with Gasteiger partial charge in [0, 0.05) is 12.2 Å². The number of carbonyl (C=O) groups excluding carboxylic acids is 3. The maximum Gasteiger partial charge on any atom is 0.337 e. The summed E-state index contributed by atoms with van der Waals surface area (Å²) in [5.41, 5.74) is 1.76. The molecule has 26 heavy (non-hydrogen) atoms. The minimum atomic E-state index is -0.460. The highest BCUT2D eigenvalue weighted by atomic mass is 16.5. The van der Waals surface area contributed by atoms with Crippen LogP contribution in [0, 0.1) is 12.8 Å². The number of methoxy groups -OCH3 is 1. The minimum absolute atomic E-state index is 0.0945. The SMILES string of the molecule is CCOC(=O)CN(CC(=O)Nc1cc(C(=O)OC)ccc1C)CC1CC1. The zero-order chi connectivity index (χ0) is 19.1. The highest BCUT2D eigenvalue weighted by Gasteiger charge is 2.26. The van der Waals surface area contributed by atoms with Crippen LogP contribution in [0.1, 0.15) is 35.7 Å². The number of nitrogens with zero attached hydrogens (tertiary/aromatic N) is 1. The number of carbonyl (C=O) groups is 3. The Bertz CT molecular complexity index is 670. The second-order valence-corrected chi connectivity index (χ2v) is 6.49. The number of benzene rings is 1. The first-order chi connectivity index (χ1) is 12.4. The summed E-state index contributed by atoms with van der Waals surface area (Å²) in [6, 6.07) is 5.00. The highest BCUT2D eigenvalue weighted by molar-refractivity contribution is 5.96. The lowest BCUT2D eigenvalue weighted by atomic mass is 10.1. The molecular weight excluding hydrogens is 336 g/mol. The molecule has 1 fully saturated rings. The largest absolute Gasteiger partial charge is 0.465 e. The quantitative estimate of drug-likeness (QED) is 0.676. The summed E-state index contributed by atoms with van der Waals surface area (Å²) in [4.78, 5) is 37.7. The van der Waals surface area contributed by atoms with Crippen molar-refractivity contribution in [3.05, 3.63) is 29.3 Å². The fourth-order valence-electron chi connectivity index (χ4n) is 2.63. The number of hydrogen-bond acceptors (Lipinski definition) is 6. The van der Waals surface area contributed by atoms with Crippen molar-refractivity contribution in [2.24, 2.45) is 5.92 Å². The predicted molar refractivity (Wildman–Crippen MR) is 96.9 cm³/mol. The Labute approximate surface area is 153 Å². The number of amides is 1. The Morgan fingerprint density at radius 2 is 1.96 bits per heavy atom. The molecule has 1 amide bonds. The van der Waals surface area contributed by atoms with Gasteiger partial charge >= 0.3 is 11.9 Å². The van der Waals surface area contributed by atoms with Crippen molar-refractivity contribution < 1.29 is 23.9 Å². The molecule has 0 saturated heterocycles. The van der Waals surface area contributed by atoms with Gasteiger partial charge in [-0.05, 0) is 50.3 Å². The van der Waals surface area contributed by atoms with E-state index in [2.05, 4.69) is 5.32 Å². The molecule has 7 nitrogen and oxygen atoms in total. The van der Waals surface area contributed by atoms with Crippen LogP contribution >= 0.6 is 0 Å². The first-order valence-corrected chi connectivity index (χ1v) is 8.79. The van der Waals surface area contributed by atoms with Crippen molar-refractivity contribution in [2.45, 2.75) is 26.7 Å². The third-order valence-electron chi connectivity index (χ3n) is 4.17. The lowest BCUT2D eigenvalue weighted by Gasteiger charge is -2.21. The Hall–Kier alpha value is -2.41. The van der Waals surface area contributed by atoms with Crippen LogP contribution < -0.4 is 5.32 Å². The van der Waals surface area contributed by atoms with Crippen LogP contribution in [0.15, 0.2) is 18.2 Å². The van der Waals surface area contributed by atoms with Crippen LogP contribution in [-0.4, -0.2) is 56.1 Å². The average Bonchev–Trinajstić information content (AvgIpc) is 3.40. The second kappa shape index (κ2) is 9.33. The molecular formula is C19H26N2O5. The summed E-state index contributed by atoms with van der Waals surface area (Å²) in [5.74, 6) is -0.482. The van der Waals surface area contributed by atoms with E-state index in [1.165, 1.54) is 7.11 Å². The molecule has 0 heterocycles. The van der Waals surface area contributed by atoms with E-state index in [1.807, 2.05) is 11.8 Å². The molecule has 2 rings (SSSR count). The van der Waals surface area contributed by atoms with Crippen molar-refractivity contribution in [3.63, 3.8) is 0 Å². The van der Waals surface area contributed by atoms with E-state index in [1.54, 1.807) is 25.1 Å². The van der Waals surface area contributed by atoms with E-state index in [-0.39, 0.29) is 25.0 Å². The van der Waals surface area contributed by atoms with E-state index in [0.29, 0.717) is 30.3 Å². The lowest BCUT2D eigenvalue weighted by Crippen LogP contribution is -2.39. The zero-order valence-electron chi connectivity index (χ0n) is 15.5. The number of ether oxygens (including phenoxy) is 2. The predicted octanol–water partition coefficient (Wildman–Crippen LogP) is 2.00. The van der Waals surface area contributed by atoms with Crippen molar-refractivity contribution in [3.8, 4) is 0 Å². The van der Waals surface area contributed by atoms with E-state index in [9.17, 15) is 14.4 Å². The maximum absolute atomic E-state index is 12.4. The molecule has 142 valence electrons. The van der Waals surface area contributed by atoms with E-state index in [0.717, 1.165) is 18.4 Å². The zero-order valence-corrected chi connectivity index (χ0v) is 15.5. The van der Waals surface area contributed by atoms with E-state index in [4.69, 9.17) is 9.47 Å². The normalized spacial score (nSPS) is 13.4. The molecule has 0 spiro atoms. The van der Waals surface area contributed by atoms with Gasteiger partial charge in [0.2, 0.25) is 5.91 Å². The third-order valence-corrected chi connectivity index (χ3v) is 4.17. The van der Waals surface area contributed by atoms with Gasteiger partial charge in [-0.2, -0.15) is 0 Å². The number of aryl methyl sites for hydroxylation is 1. The summed E-state index contributed by atoms with van der Waals surface area (Å²) in [5, 5.41) is 2.82. The summed E-state index contributed by atoms with van der Waals surface area (Å²) in [6.45, 7) is 4.82. The monoisotopic (exact) mass is 362 g/mol. The molecule has 1 saturated carbocycles. The molecule has 0 atom stereocenters. The number of nitrogens with one attached hydrogen (secondary N) is 1. The summed E-state index contributed by atoms with van der Waals surface area (Å²) in [6.07, 6.45) is 2.25. The second-order valence-electron chi connectivity index (χ2n) is 6.49. The Kier molecular flexibility index (Phi) is 7.15. The molecule has 0 unspecified atom stereocenters. The molecule has 1 aliphatic rings. The van der Waals surface area contributed by atoms with Gasteiger partial charge in [0.1, 0.15) is 0 Å². The van der Waals surface area contributed by atoms with Crippen molar-refractivity contribution in [2.75, 3.05) is 38.7 Å².